The summed E-state index contributed by atoms with van der Waals surface area (Å²) in [4.78, 5) is 0. The van der Waals surface area contributed by atoms with Crippen LogP contribution in [0.4, 0.5) is 0 Å². The van der Waals surface area contributed by atoms with E-state index in [0.29, 0.717) is 10.8 Å². The second-order valence-electron chi connectivity index (χ2n) is 3.97. The van der Waals surface area contributed by atoms with E-state index in [4.69, 9.17) is 67.5 Å². The van der Waals surface area contributed by atoms with Crippen LogP contribution in [0, 0.1) is 0 Å². The van der Waals surface area contributed by atoms with Gasteiger partial charge in [-0.25, -0.2) is 0 Å². The molecule has 0 heterocycles. The van der Waals surface area contributed by atoms with Crippen LogP contribution in [0.5, 0.6) is 11.5 Å². The molecule has 0 saturated carbocycles. The molecule has 0 N–H and O–H groups in total. The highest BCUT2D eigenvalue weighted by atomic mass is 35.6. The summed E-state index contributed by atoms with van der Waals surface area (Å²) >= 11 is 29.7. The van der Waals surface area contributed by atoms with Gasteiger partial charge in [-0.2, -0.15) is 0 Å². The van der Waals surface area contributed by atoms with E-state index in [2.05, 4.69) is 0 Å². The third kappa shape index (κ3) is 4.73. The first-order chi connectivity index (χ1) is 9.88. The minimum absolute atomic E-state index is 0.218. The van der Waals surface area contributed by atoms with Crippen molar-refractivity contribution in [2.75, 3.05) is 0 Å². The molecule has 2 nitrogen and oxygen atoms in total. The van der Waals surface area contributed by atoms with Gasteiger partial charge in [-0.15, -0.1) is 0 Å². The molecule has 0 fully saturated rings. The standard InChI is InChI=1S/C14H9Cl5O2/c15-10-7-4-8-11(12(10)16)21-13(14(17,18)19)20-9-5-2-1-3-6-9/h1-8,13H. The minimum Gasteiger partial charge on any atom is -0.450 e. The van der Waals surface area contributed by atoms with Crippen LogP contribution < -0.4 is 9.47 Å². The molecule has 1 atom stereocenters. The van der Waals surface area contributed by atoms with Crippen LogP contribution in [0.2, 0.25) is 10.0 Å². The van der Waals surface area contributed by atoms with Crippen LogP contribution in [0.1, 0.15) is 0 Å². The van der Waals surface area contributed by atoms with Crippen LogP contribution in [0.3, 0.4) is 0 Å². The van der Waals surface area contributed by atoms with Crippen LogP contribution in [-0.2, 0) is 0 Å². The Bertz CT molecular complexity index is 598. The van der Waals surface area contributed by atoms with Crippen LogP contribution in [0.15, 0.2) is 48.5 Å². The van der Waals surface area contributed by atoms with Crippen molar-refractivity contribution in [2.45, 2.75) is 10.1 Å². The second-order valence-corrected chi connectivity index (χ2v) is 7.13. The van der Waals surface area contributed by atoms with Crippen LogP contribution >= 0.6 is 58.0 Å². The summed E-state index contributed by atoms with van der Waals surface area (Å²) in [6.45, 7) is 0. The zero-order valence-corrected chi connectivity index (χ0v) is 14.2. The van der Waals surface area contributed by atoms with Crippen molar-refractivity contribution in [1.29, 1.82) is 0 Å². The Hall–Kier alpha value is -0.510. The maximum Gasteiger partial charge on any atom is 0.288 e. The minimum atomic E-state index is -1.82. The summed E-state index contributed by atoms with van der Waals surface area (Å²) in [5.41, 5.74) is 0. The van der Waals surface area contributed by atoms with Gasteiger partial charge in [0.25, 0.3) is 10.1 Å². The van der Waals surface area contributed by atoms with Crippen molar-refractivity contribution in [2.24, 2.45) is 0 Å². The summed E-state index contributed by atoms with van der Waals surface area (Å²) in [6, 6.07) is 13.7. The molecule has 0 aliphatic carbocycles. The number of ether oxygens (including phenoxy) is 2. The molecule has 7 heteroatoms. The number of hydrogen-bond donors (Lipinski definition) is 0. The fourth-order valence-electron chi connectivity index (χ4n) is 1.47. The highest BCUT2D eigenvalue weighted by Crippen LogP contribution is 2.38. The zero-order valence-electron chi connectivity index (χ0n) is 10.4. The molecule has 2 aromatic carbocycles. The largest absolute Gasteiger partial charge is 0.450 e. The Morgan fingerprint density at radius 1 is 0.810 bits per heavy atom. The van der Waals surface area contributed by atoms with Crippen molar-refractivity contribution in [1.82, 2.24) is 0 Å². The fourth-order valence-corrected chi connectivity index (χ4v) is 2.07. The van der Waals surface area contributed by atoms with E-state index in [9.17, 15) is 0 Å². The van der Waals surface area contributed by atoms with Crippen molar-refractivity contribution >= 4 is 58.0 Å². The number of alkyl halides is 3. The van der Waals surface area contributed by atoms with Crippen molar-refractivity contribution in [3.05, 3.63) is 58.6 Å². The smallest absolute Gasteiger partial charge is 0.288 e. The molecule has 0 aliphatic heterocycles. The monoisotopic (exact) mass is 384 g/mol. The molecule has 2 rings (SSSR count). The molecular formula is C14H9Cl5O2. The van der Waals surface area contributed by atoms with Gasteiger partial charge in [0.1, 0.15) is 16.5 Å². The van der Waals surface area contributed by atoms with E-state index < -0.39 is 10.1 Å². The van der Waals surface area contributed by atoms with E-state index in [1.807, 2.05) is 6.07 Å². The number of halogens is 5. The number of benzene rings is 2. The van der Waals surface area contributed by atoms with E-state index in [-0.39, 0.29) is 10.8 Å². The lowest BCUT2D eigenvalue weighted by molar-refractivity contribution is 0.00950. The third-order valence-corrected chi connectivity index (χ3v) is 3.74. The van der Waals surface area contributed by atoms with Crippen LogP contribution in [-0.4, -0.2) is 10.1 Å². The lowest BCUT2D eigenvalue weighted by Gasteiger charge is -2.26. The average molecular weight is 386 g/mol. The van der Waals surface area contributed by atoms with E-state index >= 15 is 0 Å². The molecule has 0 radical (unpaired) electrons. The second kappa shape index (κ2) is 7.17. The van der Waals surface area contributed by atoms with Gasteiger partial charge in [-0.3, -0.25) is 0 Å². The van der Waals surface area contributed by atoms with E-state index in [0.717, 1.165) is 0 Å². The molecule has 0 aliphatic rings. The summed E-state index contributed by atoms with van der Waals surface area (Å²) in [5.74, 6) is 0.753. The summed E-state index contributed by atoms with van der Waals surface area (Å²) in [7, 11) is 0. The highest BCUT2D eigenvalue weighted by molar-refractivity contribution is 6.68. The van der Waals surface area contributed by atoms with Crippen molar-refractivity contribution < 1.29 is 9.47 Å². The Morgan fingerprint density at radius 2 is 1.48 bits per heavy atom. The fraction of sp³-hybridized carbons (Fsp3) is 0.143. The van der Waals surface area contributed by atoms with Gasteiger partial charge in [0.2, 0.25) is 0 Å². The molecule has 2 aromatic rings. The molecule has 1 unspecified atom stereocenters. The van der Waals surface area contributed by atoms with Gasteiger partial charge in [0, 0.05) is 0 Å². The lowest BCUT2D eigenvalue weighted by atomic mass is 10.3. The van der Waals surface area contributed by atoms with E-state index in [1.54, 1.807) is 42.5 Å². The third-order valence-electron chi connectivity index (χ3n) is 2.40. The van der Waals surface area contributed by atoms with Gasteiger partial charge in [0.05, 0.1) is 5.02 Å². The van der Waals surface area contributed by atoms with Crippen molar-refractivity contribution in [3.8, 4) is 11.5 Å². The normalized spacial score (nSPS) is 12.8. The molecule has 0 amide bonds. The Kier molecular flexibility index (Phi) is 5.75. The Balaban J connectivity index is 2.23. The molecule has 112 valence electrons. The molecule has 0 bridgehead atoms. The van der Waals surface area contributed by atoms with Gasteiger partial charge >= 0.3 is 0 Å². The summed E-state index contributed by atoms with van der Waals surface area (Å²) in [6.07, 6.45) is -1.19. The Morgan fingerprint density at radius 3 is 2.10 bits per heavy atom. The number of rotatable bonds is 4. The molecule has 21 heavy (non-hydrogen) atoms. The van der Waals surface area contributed by atoms with E-state index in [1.165, 1.54) is 0 Å². The summed E-state index contributed by atoms with van der Waals surface area (Å²) < 4.78 is 9.30. The quantitative estimate of drug-likeness (QED) is 0.464. The lowest BCUT2D eigenvalue weighted by Crippen LogP contribution is -2.37. The highest BCUT2D eigenvalue weighted by Gasteiger charge is 2.37. The predicted molar refractivity (Wildman–Crippen MR) is 88.2 cm³/mol. The van der Waals surface area contributed by atoms with Crippen LogP contribution in [0.25, 0.3) is 0 Å². The molecule has 0 spiro atoms. The molecule has 0 aromatic heterocycles. The van der Waals surface area contributed by atoms with Gasteiger partial charge in [-0.1, -0.05) is 82.3 Å². The van der Waals surface area contributed by atoms with Gasteiger partial charge < -0.3 is 9.47 Å². The SMILES string of the molecule is Clc1cccc(OC(Oc2ccccc2)C(Cl)(Cl)Cl)c1Cl. The maximum absolute atomic E-state index is 6.05. The maximum atomic E-state index is 6.05. The summed E-state index contributed by atoms with van der Waals surface area (Å²) in [5, 5.41) is 0.548. The topological polar surface area (TPSA) is 18.5 Å². The number of para-hydroxylation sites is 1. The predicted octanol–water partition coefficient (Wildman–Crippen LogP) is 6.15. The first-order valence-corrected chi connectivity index (χ1v) is 7.66. The first-order valence-electron chi connectivity index (χ1n) is 5.77. The van der Waals surface area contributed by atoms with Gasteiger partial charge in [0.15, 0.2) is 0 Å². The zero-order chi connectivity index (χ0) is 15.5. The number of hydrogen-bond acceptors (Lipinski definition) is 2. The molecule has 0 saturated heterocycles. The Labute approximate surface area is 147 Å². The van der Waals surface area contributed by atoms with Gasteiger partial charge in [-0.05, 0) is 24.3 Å². The average Bonchev–Trinajstić information content (AvgIpc) is 2.43. The molecular weight excluding hydrogens is 377 g/mol. The first kappa shape index (κ1) is 16.9. The van der Waals surface area contributed by atoms with Crippen molar-refractivity contribution in [3.63, 3.8) is 0 Å².